The highest BCUT2D eigenvalue weighted by molar-refractivity contribution is 6.30. The Morgan fingerprint density at radius 2 is 2.37 bits per heavy atom. The predicted molar refractivity (Wildman–Crippen MR) is 72.9 cm³/mol. The molecule has 100 valence electrons. The topological polar surface area (TPSA) is 59.8 Å². The number of hydrogen-bond donors (Lipinski definition) is 1. The lowest BCUT2D eigenvalue weighted by Crippen LogP contribution is -2.32. The number of nitrogens with zero attached hydrogens (tertiary/aromatic N) is 3. The van der Waals surface area contributed by atoms with E-state index < -0.39 is 0 Å². The fourth-order valence-corrected chi connectivity index (χ4v) is 1.92. The van der Waals surface area contributed by atoms with E-state index in [4.69, 9.17) is 11.6 Å². The first kappa shape index (κ1) is 13.5. The molecular weight excluding hydrogens is 264 g/mol. The van der Waals surface area contributed by atoms with Gasteiger partial charge < -0.3 is 5.32 Å². The second-order valence-corrected chi connectivity index (χ2v) is 4.66. The minimum absolute atomic E-state index is 0.0764. The molecule has 5 nitrogen and oxygen atoms in total. The van der Waals surface area contributed by atoms with Gasteiger partial charge in [-0.3, -0.25) is 4.79 Å². The molecular formula is C13H15ClN4O. The molecule has 0 aliphatic carbocycles. The van der Waals surface area contributed by atoms with Gasteiger partial charge in [-0.15, -0.1) is 0 Å². The quantitative estimate of drug-likeness (QED) is 0.908. The third kappa shape index (κ3) is 3.79. The average molecular weight is 279 g/mol. The molecule has 1 N–H and O–H groups in total. The number of halogens is 1. The highest BCUT2D eigenvalue weighted by atomic mass is 35.5. The van der Waals surface area contributed by atoms with E-state index in [1.54, 1.807) is 6.92 Å². The number of amides is 1. The molecule has 0 spiro atoms. The first-order chi connectivity index (χ1) is 9.16. The summed E-state index contributed by atoms with van der Waals surface area (Å²) in [6, 6.07) is 7.25. The molecule has 0 aliphatic rings. The van der Waals surface area contributed by atoms with E-state index in [-0.39, 0.29) is 11.9 Å². The van der Waals surface area contributed by atoms with Gasteiger partial charge >= 0.3 is 0 Å². The number of carbonyl (C=O) groups excluding carboxylic acids is 1. The van der Waals surface area contributed by atoms with E-state index in [1.807, 2.05) is 24.3 Å². The Kier molecular flexibility index (Phi) is 4.52. The second kappa shape index (κ2) is 6.33. The maximum atomic E-state index is 11.9. The van der Waals surface area contributed by atoms with E-state index in [0.717, 1.165) is 12.0 Å². The van der Waals surface area contributed by atoms with Gasteiger partial charge in [0.05, 0.1) is 0 Å². The zero-order valence-electron chi connectivity index (χ0n) is 10.6. The molecule has 0 radical (unpaired) electrons. The standard InChI is InChI=1S/C13H15ClN4O/c1-10(18-9-15-8-17-18)13(19)16-6-5-11-3-2-4-12(14)7-11/h2-4,7-10H,5-6H2,1H3,(H,16,19)/t10-/m1/s1. The lowest BCUT2D eigenvalue weighted by Gasteiger charge is -2.12. The molecule has 1 amide bonds. The van der Waals surface area contributed by atoms with Crippen molar-refractivity contribution in [2.45, 2.75) is 19.4 Å². The minimum atomic E-state index is -0.359. The molecule has 2 aromatic rings. The summed E-state index contributed by atoms with van der Waals surface area (Å²) in [7, 11) is 0. The molecule has 1 atom stereocenters. The molecule has 0 fully saturated rings. The Morgan fingerprint density at radius 1 is 1.53 bits per heavy atom. The summed E-state index contributed by atoms with van der Waals surface area (Å²) in [5.41, 5.74) is 1.10. The van der Waals surface area contributed by atoms with Crippen LogP contribution in [0.25, 0.3) is 0 Å². The van der Waals surface area contributed by atoms with Crippen molar-refractivity contribution in [3.05, 3.63) is 47.5 Å². The van der Waals surface area contributed by atoms with Crippen molar-refractivity contribution in [3.63, 3.8) is 0 Å². The molecule has 6 heteroatoms. The van der Waals surface area contributed by atoms with Crippen molar-refractivity contribution in [1.82, 2.24) is 20.1 Å². The molecule has 0 saturated carbocycles. The Morgan fingerprint density at radius 3 is 3.05 bits per heavy atom. The van der Waals surface area contributed by atoms with Crippen molar-refractivity contribution in [2.75, 3.05) is 6.54 Å². The lowest BCUT2D eigenvalue weighted by molar-refractivity contribution is -0.124. The molecule has 19 heavy (non-hydrogen) atoms. The van der Waals surface area contributed by atoms with Gasteiger partial charge in [0.15, 0.2) is 0 Å². The van der Waals surface area contributed by atoms with Gasteiger partial charge in [0.1, 0.15) is 18.7 Å². The predicted octanol–water partition coefficient (Wildman–Crippen LogP) is 1.85. The second-order valence-electron chi connectivity index (χ2n) is 4.22. The van der Waals surface area contributed by atoms with E-state index in [2.05, 4.69) is 15.4 Å². The Bertz CT molecular complexity index is 541. The summed E-state index contributed by atoms with van der Waals surface area (Å²) in [4.78, 5) is 15.7. The summed E-state index contributed by atoms with van der Waals surface area (Å²) in [6.07, 6.45) is 3.69. The fraction of sp³-hybridized carbons (Fsp3) is 0.308. The van der Waals surface area contributed by atoms with Gasteiger partial charge in [0, 0.05) is 11.6 Å². The molecule has 1 aromatic heterocycles. The van der Waals surface area contributed by atoms with Crippen LogP contribution in [-0.2, 0) is 11.2 Å². The summed E-state index contributed by atoms with van der Waals surface area (Å²) in [6.45, 7) is 2.35. The minimum Gasteiger partial charge on any atom is -0.354 e. The molecule has 0 aliphatic heterocycles. The molecule has 0 unspecified atom stereocenters. The van der Waals surface area contributed by atoms with Gasteiger partial charge in [0.25, 0.3) is 0 Å². The SMILES string of the molecule is C[C@H](C(=O)NCCc1cccc(Cl)c1)n1cncn1. The zero-order chi connectivity index (χ0) is 13.7. The van der Waals surface area contributed by atoms with Gasteiger partial charge in [-0.1, -0.05) is 23.7 Å². The van der Waals surface area contributed by atoms with Crippen molar-refractivity contribution in [1.29, 1.82) is 0 Å². The van der Waals surface area contributed by atoms with Gasteiger partial charge in [-0.2, -0.15) is 5.10 Å². The average Bonchev–Trinajstić information content (AvgIpc) is 2.91. The number of benzene rings is 1. The fourth-order valence-electron chi connectivity index (χ4n) is 1.71. The van der Waals surface area contributed by atoms with E-state index in [1.165, 1.54) is 17.3 Å². The molecule has 2 rings (SSSR count). The van der Waals surface area contributed by atoms with Crippen molar-refractivity contribution in [3.8, 4) is 0 Å². The summed E-state index contributed by atoms with van der Waals surface area (Å²) < 4.78 is 1.52. The van der Waals surface area contributed by atoms with Crippen molar-refractivity contribution in [2.24, 2.45) is 0 Å². The van der Waals surface area contributed by atoms with E-state index >= 15 is 0 Å². The Labute approximate surface area is 116 Å². The first-order valence-corrected chi connectivity index (χ1v) is 6.41. The van der Waals surface area contributed by atoms with Crippen LogP contribution in [0.15, 0.2) is 36.9 Å². The molecule has 0 bridgehead atoms. The van der Waals surface area contributed by atoms with Crippen LogP contribution in [0.4, 0.5) is 0 Å². The van der Waals surface area contributed by atoms with Crippen LogP contribution >= 0.6 is 11.6 Å². The third-order valence-electron chi connectivity index (χ3n) is 2.81. The van der Waals surface area contributed by atoms with E-state index in [9.17, 15) is 4.79 Å². The number of hydrogen-bond acceptors (Lipinski definition) is 3. The van der Waals surface area contributed by atoms with Crippen LogP contribution < -0.4 is 5.32 Å². The third-order valence-corrected chi connectivity index (χ3v) is 3.05. The first-order valence-electron chi connectivity index (χ1n) is 6.03. The van der Waals surface area contributed by atoms with Crippen molar-refractivity contribution < 1.29 is 4.79 Å². The Hall–Kier alpha value is -1.88. The van der Waals surface area contributed by atoms with Crippen LogP contribution in [-0.4, -0.2) is 27.2 Å². The largest absolute Gasteiger partial charge is 0.354 e. The molecule has 0 saturated heterocycles. The smallest absolute Gasteiger partial charge is 0.244 e. The van der Waals surface area contributed by atoms with Crippen LogP contribution in [0, 0.1) is 0 Å². The summed E-state index contributed by atoms with van der Waals surface area (Å²) in [5, 5.41) is 7.52. The van der Waals surface area contributed by atoms with Crippen LogP contribution in [0.2, 0.25) is 5.02 Å². The zero-order valence-corrected chi connectivity index (χ0v) is 11.3. The number of rotatable bonds is 5. The maximum absolute atomic E-state index is 11.9. The normalized spacial score (nSPS) is 12.1. The monoisotopic (exact) mass is 278 g/mol. The summed E-state index contributed by atoms with van der Waals surface area (Å²) in [5.74, 6) is -0.0764. The lowest BCUT2D eigenvalue weighted by atomic mass is 10.1. The van der Waals surface area contributed by atoms with E-state index in [0.29, 0.717) is 11.6 Å². The Balaban J connectivity index is 1.81. The highest BCUT2D eigenvalue weighted by Crippen LogP contribution is 2.10. The van der Waals surface area contributed by atoms with Crippen molar-refractivity contribution >= 4 is 17.5 Å². The van der Waals surface area contributed by atoms with Crippen LogP contribution in [0.1, 0.15) is 18.5 Å². The van der Waals surface area contributed by atoms with Crippen LogP contribution in [0.3, 0.4) is 0 Å². The number of aromatic nitrogens is 3. The maximum Gasteiger partial charge on any atom is 0.244 e. The van der Waals surface area contributed by atoms with Gasteiger partial charge in [-0.25, -0.2) is 9.67 Å². The van der Waals surface area contributed by atoms with Crippen LogP contribution in [0.5, 0.6) is 0 Å². The van der Waals surface area contributed by atoms with Gasteiger partial charge in [-0.05, 0) is 31.0 Å². The number of carbonyl (C=O) groups is 1. The summed E-state index contributed by atoms with van der Waals surface area (Å²) >= 11 is 5.90. The molecule has 1 aromatic carbocycles. The number of nitrogens with one attached hydrogen (secondary N) is 1. The highest BCUT2D eigenvalue weighted by Gasteiger charge is 2.14. The molecule has 1 heterocycles. The van der Waals surface area contributed by atoms with Gasteiger partial charge in [0.2, 0.25) is 5.91 Å².